The quantitative estimate of drug-likeness (QED) is 0.874. The minimum atomic E-state index is -0.469. The Hall–Kier alpha value is -1.29. The van der Waals surface area contributed by atoms with Crippen LogP contribution in [0.25, 0.3) is 0 Å². The highest BCUT2D eigenvalue weighted by Crippen LogP contribution is 2.39. The number of rotatable bonds is 4. The van der Waals surface area contributed by atoms with Gasteiger partial charge in [-0.25, -0.2) is 4.39 Å². The number of hydrogen-bond donors (Lipinski definition) is 1. The molecule has 1 aliphatic carbocycles. The molecule has 0 aromatic heterocycles. The van der Waals surface area contributed by atoms with Gasteiger partial charge in [0.1, 0.15) is 6.67 Å². The number of alkyl halides is 1. The van der Waals surface area contributed by atoms with Crippen molar-refractivity contribution < 1.29 is 13.9 Å². The predicted octanol–water partition coefficient (Wildman–Crippen LogP) is 2.31. The van der Waals surface area contributed by atoms with E-state index in [1.165, 1.54) is 0 Å². The zero-order valence-electron chi connectivity index (χ0n) is 9.67. The number of aryl methyl sites for hydroxylation is 1. The van der Waals surface area contributed by atoms with Crippen molar-refractivity contribution in [1.29, 1.82) is 0 Å². The molecule has 0 spiro atoms. The first-order valence-corrected chi connectivity index (χ1v) is 5.96. The summed E-state index contributed by atoms with van der Waals surface area (Å²) in [7, 11) is 0. The van der Waals surface area contributed by atoms with Crippen LogP contribution in [0, 0.1) is 0 Å². The SMILES string of the molecule is NC1(CCc2cc3c(cc2CF)OCO3)CC1. The van der Waals surface area contributed by atoms with Crippen molar-refractivity contribution in [3.05, 3.63) is 23.3 Å². The molecule has 0 saturated heterocycles. The lowest BCUT2D eigenvalue weighted by Crippen LogP contribution is -2.22. The molecule has 1 fully saturated rings. The van der Waals surface area contributed by atoms with Gasteiger partial charge in [0, 0.05) is 5.54 Å². The van der Waals surface area contributed by atoms with Crippen molar-refractivity contribution in [3.8, 4) is 11.5 Å². The summed E-state index contributed by atoms with van der Waals surface area (Å²) in [4.78, 5) is 0. The van der Waals surface area contributed by atoms with Crippen molar-refractivity contribution in [2.24, 2.45) is 5.73 Å². The van der Waals surface area contributed by atoms with E-state index in [0.717, 1.165) is 37.0 Å². The van der Waals surface area contributed by atoms with Crippen molar-refractivity contribution in [2.75, 3.05) is 6.79 Å². The van der Waals surface area contributed by atoms with E-state index in [-0.39, 0.29) is 12.3 Å². The largest absolute Gasteiger partial charge is 0.454 e. The minimum absolute atomic E-state index is 0.00392. The predicted molar refractivity (Wildman–Crippen MR) is 61.9 cm³/mol. The second-order valence-corrected chi connectivity index (χ2v) is 4.97. The first-order chi connectivity index (χ1) is 8.20. The molecular weight excluding hydrogens is 221 g/mol. The molecule has 3 rings (SSSR count). The van der Waals surface area contributed by atoms with Crippen molar-refractivity contribution in [3.63, 3.8) is 0 Å². The third kappa shape index (κ3) is 2.09. The van der Waals surface area contributed by atoms with E-state index in [1.54, 1.807) is 6.07 Å². The van der Waals surface area contributed by atoms with Gasteiger partial charge in [-0.05, 0) is 48.9 Å². The van der Waals surface area contributed by atoms with Crippen LogP contribution < -0.4 is 15.2 Å². The molecule has 17 heavy (non-hydrogen) atoms. The minimum Gasteiger partial charge on any atom is -0.454 e. The Kier molecular flexibility index (Phi) is 2.47. The fraction of sp³-hybridized carbons (Fsp3) is 0.538. The highest BCUT2D eigenvalue weighted by atomic mass is 19.1. The summed E-state index contributed by atoms with van der Waals surface area (Å²) in [6.07, 6.45) is 3.90. The van der Waals surface area contributed by atoms with Crippen LogP contribution in [0.4, 0.5) is 4.39 Å². The van der Waals surface area contributed by atoms with Crippen molar-refractivity contribution >= 4 is 0 Å². The summed E-state index contributed by atoms with van der Waals surface area (Å²) >= 11 is 0. The first kappa shape index (κ1) is 10.8. The van der Waals surface area contributed by atoms with Crippen molar-refractivity contribution in [2.45, 2.75) is 37.9 Å². The number of halogens is 1. The van der Waals surface area contributed by atoms with Crippen LogP contribution in [0.3, 0.4) is 0 Å². The molecule has 92 valence electrons. The van der Waals surface area contributed by atoms with Gasteiger partial charge in [0.2, 0.25) is 6.79 Å². The third-order valence-electron chi connectivity index (χ3n) is 3.62. The van der Waals surface area contributed by atoms with Gasteiger partial charge in [0.15, 0.2) is 11.5 Å². The summed E-state index contributed by atoms with van der Waals surface area (Å²) < 4.78 is 23.5. The van der Waals surface area contributed by atoms with E-state index in [1.807, 2.05) is 6.07 Å². The molecule has 1 aromatic carbocycles. The fourth-order valence-electron chi connectivity index (χ4n) is 2.18. The smallest absolute Gasteiger partial charge is 0.231 e. The Morgan fingerprint density at radius 1 is 1.18 bits per heavy atom. The summed E-state index contributed by atoms with van der Waals surface area (Å²) in [5, 5.41) is 0. The molecule has 0 bridgehead atoms. The van der Waals surface area contributed by atoms with Crippen LogP contribution in [0.2, 0.25) is 0 Å². The molecule has 1 saturated carbocycles. The Bertz CT molecular complexity index is 443. The zero-order valence-corrected chi connectivity index (χ0v) is 9.67. The van der Waals surface area contributed by atoms with E-state index in [2.05, 4.69) is 0 Å². The lowest BCUT2D eigenvalue weighted by atomic mass is 9.99. The summed E-state index contributed by atoms with van der Waals surface area (Å²) in [6, 6.07) is 3.64. The molecule has 1 aliphatic heterocycles. The maximum absolute atomic E-state index is 13.0. The molecule has 0 atom stereocenters. The van der Waals surface area contributed by atoms with E-state index >= 15 is 0 Å². The summed E-state index contributed by atoms with van der Waals surface area (Å²) in [5.74, 6) is 1.37. The number of ether oxygens (including phenoxy) is 2. The Balaban J connectivity index is 1.81. The summed E-state index contributed by atoms with van der Waals surface area (Å²) in [5.41, 5.74) is 7.74. The summed E-state index contributed by atoms with van der Waals surface area (Å²) in [6.45, 7) is -0.241. The molecule has 0 radical (unpaired) electrons. The fourth-order valence-corrected chi connectivity index (χ4v) is 2.18. The van der Waals surface area contributed by atoms with Gasteiger partial charge in [-0.1, -0.05) is 0 Å². The highest BCUT2D eigenvalue weighted by molar-refractivity contribution is 5.48. The molecule has 1 heterocycles. The van der Waals surface area contributed by atoms with Gasteiger partial charge < -0.3 is 15.2 Å². The van der Waals surface area contributed by atoms with Crippen LogP contribution in [-0.4, -0.2) is 12.3 Å². The van der Waals surface area contributed by atoms with Gasteiger partial charge in [-0.3, -0.25) is 0 Å². The second-order valence-electron chi connectivity index (χ2n) is 4.97. The highest BCUT2D eigenvalue weighted by Gasteiger charge is 2.37. The lowest BCUT2D eigenvalue weighted by molar-refractivity contribution is 0.174. The van der Waals surface area contributed by atoms with Crippen LogP contribution in [0.15, 0.2) is 12.1 Å². The number of hydrogen-bond acceptors (Lipinski definition) is 3. The van der Waals surface area contributed by atoms with Gasteiger partial charge in [-0.15, -0.1) is 0 Å². The first-order valence-electron chi connectivity index (χ1n) is 5.96. The Morgan fingerprint density at radius 3 is 2.41 bits per heavy atom. The lowest BCUT2D eigenvalue weighted by Gasteiger charge is -2.11. The molecule has 3 nitrogen and oxygen atoms in total. The van der Waals surface area contributed by atoms with Crippen LogP contribution in [-0.2, 0) is 13.1 Å². The molecule has 2 aliphatic rings. The maximum Gasteiger partial charge on any atom is 0.231 e. The number of nitrogens with two attached hydrogens (primary N) is 1. The van der Waals surface area contributed by atoms with Gasteiger partial charge in [0.25, 0.3) is 0 Å². The average molecular weight is 237 g/mol. The molecule has 1 aromatic rings. The Labute approximate surface area is 99.7 Å². The second kappa shape index (κ2) is 3.88. The average Bonchev–Trinajstić information content (AvgIpc) is 2.91. The molecule has 0 unspecified atom stereocenters. The normalized spacial score (nSPS) is 19.4. The topological polar surface area (TPSA) is 44.5 Å². The van der Waals surface area contributed by atoms with E-state index < -0.39 is 6.67 Å². The third-order valence-corrected chi connectivity index (χ3v) is 3.62. The maximum atomic E-state index is 13.0. The van der Waals surface area contributed by atoms with Gasteiger partial charge in [0.05, 0.1) is 0 Å². The van der Waals surface area contributed by atoms with E-state index in [4.69, 9.17) is 15.2 Å². The van der Waals surface area contributed by atoms with E-state index in [0.29, 0.717) is 11.3 Å². The van der Waals surface area contributed by atoms with Gasteiger partial charge >= 0.3 is 0 Å². The van der Waals surface area contributed by atoms with Gasteiger partial charge in [-0.2, -0.15) is 0 Å². The van der Waals surface area contributed by atoms with Crippen molar-refractivity contribution in [1.82, 2.24) is 0 Å². The number of benzene rings is 1. The Morgan fingerprint density at radius 2 is 1.82 bits per heavy atom. The monoisotopic (exact) mass is 237 g/mol. The zero-order chi connectivity index (χ0) is 11.9. The van der Waals surface area contributed by atoms with Crippen LogP contribution in [0.5, 0.6) is 11.5 Å². The molecule has 4 heteroatoms. The molecule has 2 N–H and O–H groups in total. The standard InChI is InChI=1S/C13H16FNO2/c14-7-10-6-12-11(16-8-17-12)5-9(10)1-2-13(15)3-4-13/h5-6H,1-4,7-8,15H2. The molecular formula is C13H16FNO2. The molecule has 0 amide bonds. The van der Waals surface area contributed by atoms with E-state index in [9.17, 15) is 4.39 Å². The van der Waals surface area contributed by atoms with Crippen LogP contribution in [0.1, 0.15) is 30.4 Å². The number of fused-ring (bicyclic) bond motifs is 1. The van der Waals surface area contributed by atoms with Crippen LogP contribution >= 0.6 is 0 Å².